The predicted octanol–water partition coefficient (Wildman–Crippen LogP) is 3.61. The summed E-state index contributed by atoms with van der Waals surface area (Å²) in [5.41, 5.74) is 0.639. The van der Waals surface area contributed by atoms with Crippen LogP contribution in [0.25, 0.3) is 10.8 Å². The number of hydrogen-bond donors (Lipinski definition) is 1. The lowest BCUT2D eigenvalue weighted by molar-refractivity contribution is -0.120. The molecule has 0 saturated carbocycles. The molecule has 0 aromatic heterocycles. The number of fused-ring (bicyclic) bond motifs is 2. The molecule has 0 bridgehead atoms. The first-order valence-corrected chi connectivity index (χ1v) is 11.6. The molecule has 0 radical (unpaired) electrons. The summed E-state index contributed by atoms with van der Waals surface area (Å²) in [6, 6.07) is 18.1. The van der Waals surface area contributed by atoms with Crippen molar-refractivity contribution in [3.63, 3.8) is 0 Å². The van der Waals surface area contributed by atoms with E-state index in [9.17, 15) is 13.2 Å². The third-order valence-electron chi connectivity index (χ3n) is 5.82. The highest BCUT2D eigenvalue weighted by Crippen LogP contribution is 2.34. The number of hydrogen-bond acceptors (Lipinski definition) is 5. The van der Waals surface area contributed by atoms with E-state index in [0.717, 1.165) is 10.8 Å². The Morgan fingerprint density at radius 1 is 0.903 bits per heavy atom. The van der Waals surface area contributed by atoms with Crippen LogP contribution in [0.3, 0.4) is 0 Å². The number of nitrogens with one attached hydrogen (secondary N) is 1. The number of piperidine rings is 1. The summed E-state index contributed by atoms with van der Waals surface area (Å²) >= 11 is 0. The average Bonchev–Trinajstić information content (AvgIpc) is 3.27. The Hall–Kier alpha value is -3.10. The van der Waals surface area contributed by atoms with E-state index >= 15 is 0 Å². The molecule has 1 amide bonds. The molecule has 7 nitrogen and oxygen atoms in total. The number of nitrogens with zero attached hydrogens (tertiary/aromatic N) is 1. The fourth-order valence-corrected chi connectivity index (χ4v) is 5.56. The second kappa shape index (κ2) is 7.86. The van der Waals surface area contributed by atoms with Crippen molar-refractivity contribution in [2.24, 2.45) is 5.92 Å². The van der Waals surface area contributed by atoms with Gasteiger partial charge in [0.1, 0.15) is 0 Å². The van der Waals surface area contributed by atoms with Crippen molar-refractivity contribution < 1.29 is 22.7 Å². The topological polar surface area (TPSA) is 84.9 Å². The van der Waals surface area contributed by atoms with E-state index in [-0.39, 0.29) is 23.5 Å². The zero-order chi connectivity index (χ0) is 21.4. The lowest BCUT2D eigenvalue weighted by Gasteiger charge is -2.30. The van der Waals surface area contributed by atoms with Gasteiger partial charge in [0.2, 0.25) is 22.7 Å². The molecule has 5 rings (SSSR count). The highest BCUT2D eigenvalue weighted by Gasteiger charge is 2.32. The predicted molar refractivity (Wildman–Crippen MR) is 117 cm³/mol. The van der Waals surface area contributed by atoms with Crippen LogP contribution in [0.2, 0.25) is 0 Å². The maximum atomic E-state index is 13.1. The standard InChI is InChI=1S/C23H22N2O5S/c26-23(24-19-6-8-21-22(14-19)30-15-29-21)17-9-11-25(12-10-17)31(27,28)20-7-5-16-3-1-2-4-18(16)13-20/h1-8,13-14,17H,9-12,15H2,(H,24,26). The first-order chi connectivity index (χ1) is 15.0. The minimum atomic E-state index is -3.60. The molecule has 1 saturated heterocycles. The molecular weight excluding hydrogens is 416 g/mol. The van der Waals surface area contributed by atoms with E-state index < -0.39 is 10.0 Å². The van der Waals surface area contributed by atoms with Gasteiger partial charge < -0.3 is 14.8 Å². The molecule has 0 atom stereocenters. The molecule has 0 unspecified atom stereocenters. The van der Waals surface area contributed by atoms with Gasteiger partial charge in [-0.05, 0) is 47.9 Å². The van der Waals surface area contributed by atoms with Crippen LogP contribution in [0, 0.1) is 5.92 Å². The largest absolute Gasteiger partial charge is 0.454 e. The van der Waals surface area contributed by atoms with Crippen LogP contribution in [0.4, 0.5) is 5.69 Å². The number of anilines is 1. The number of benzene rings is 3. The summed E-state index contributed by atoms with van der Waals surface area (Å²) in [4.78, 5) is 13.0. The molecule has 2 heterocycles. The molecular formula is C23H22N2O5S. The van der Waals surface area contributed by atoms with Crippen molar-refractivity contribution in [2.75, 3.05) is 25.2 Å². The summed E-state index contributed by atoms with van der Waals surface area (Å²) in [5, 5.41) is 4.79. The van der Waals surface area contributed by atoms with Crippen LogP contribution in [0.5, 0.6) is 11.5 Å². The molecule has 1 fully saturated rings. The molecule has 3 aromatic rings. The van der Waals surface area contributed by atoms with Crippen LogP contribution in [0.1, 0.15) is 12.8 Å². The summed E-state index contributed by atoms with van der Waals surface area (Å²) in [5.74, 6) is 0.911. The van der Waals surface area contributed by atoms with Gasteiger partial charge >= 0.3 is 0 Å². The molecule has 160 valence electrons. The van der Waals surface area contributed by atoms with E-state index in [1.54, 1.807) is 30.3 Å². The lowest BCUT2D eigenvalue weighted by atomic mass is 9.97. The van der Waals surface area contributed by atoms with Crippen LogP contribution < -0.4 is 14.8 Å². The Bertz CT molecular complexity index is 1250. The minimum Gasteiger partial charge on any atom is -0.454 e. The number of rotatable bonds is 4. The van der Waals surface area contributed by atoms with Gasteiger partial charge in [0.15, 0.2) is 11.5 Å². The van der Waals surface area contributed by atoms with Crippen LogP contribution in [-0.4, -0.2) is 38.5 Å². The van der Waals surface area contributed by atoms with Crippen LogP contribution >= 0.6 is 0 Å². The van der Waals surface area contributed by atoms with E-state index in [1.165, 1.54) is 4.31 Å². The van der Waals surface area contributed by atoms with Crippen LogP contribution in [0.15, 0.2) is 65.6 Å². The molecule has 31 heavy (non-hydrogen) atoms. The van der Waals surface area contributed by atoms with Gasteiger partial charge in [-0.1, -0.05) is 30.3 Å². The zero-order valence-electron chi connectivity index (χ0n) is 16.8. The van der Waals surface area contributed by atoms with Crippen LogP contribution in [-0.2, 0) is 14.8 Å². The second-order valence-electron chi connectivity index (χ2n) is 7.74. The second-order valence-corrected chi connectivity index (χ2v) is 9.68. The monoisotopic (exact) mass is 438 g/mol. The summed E-state index contributed by atoms with van der Waals surface area (Å²) < 4.78 is 38.3. The maximum Gasteiger partial charge on any atom is 0.243 e. The van der Waals surface area contributed by atoms with Gasteiger partial charge in [0.05, 0.1) is 4.90 Å². The van der Waals surface area contributed by atoms with E-state index in [4.69, 9.17) is 9.47 Å². The van der Waals surface area contributed by atoms with Gasteiger partial charge in [0.25, 0.3) is 0 Å². The van der Waals surface area contributed by atoms with Gasteiger partial charge in [-0.2, -0.15) is 4.31 Å². The number of amides is 1. The number of carbonyl (C=O) groups excluding carboxylic acids is 1. The van der Waals surface area contributed by atoms with E-state index in [2.05, 4.69) is 5.32 Å². The smallest absolute Gasteiger partial charge is 0.243 e. The van der Waals surface area contributed by atoms with E-state index in [1.807, 2.05) is 30.3 Å². The van der Waals surface area contributed by atoms with Gasteiger partial charge in [-0.15, -0.1) is 0 Å². The van der Waals surface area contributed by atoms with E-state index in [0.29, 0.717) is 43.1 Å². The minimum absolute atomic E-state index is 0.110. The zero-order valence-corrected chi connectivity index (χ0v) is 17.6. The first kappa shape index (κ1) is 19.8. The summed E-state index contributed by atoms with van der Waals surface area (Å²) in [7, 11) is -3.60. The SMILES string of the molecule is O=C(Nc1ccc2c(c1)OCO2)C1CCN(S(=O)(=O)c2ccc3ccccc3c2)CC1. The Kier molecular flexibility index (Phi) is 5.03. The summed E-state index contributed by atoms with van der Waals surface area (Å²) in [6.45, 7) is 0.805. The summed E-state index contributed by atoms with van der Waals surface area (Å²) in [6.07, 6.45) is 0.951. The molecule has 0 spiro atoms. The Morgan fingerprint density at radius 2 is 1.65 bits per heavy atom. The van der Waals surface area contributed by atoms with Crippen molar-refractivity contribution in [1.29, 1.82) is 0 Å². The Balaban J connectivity index is 1.24. The normalized spacial score (nSPS) is 17.0. The van der Waals surface area contributed by atoms with Crippen molar-refractivity contribution >= 4 is 32.4 Å². The van der Waals surface area contributed by atoms with Crippen molar-refractivity contribution in [3.8, 4) is 11.5 Å². The van der Waals surface area contributed by atoms with Crippen molar-refractivity contribution in [2.45, 2.75) is 17.7 Å². The highest BCUT2D eigenvalue weighted by molar-refractivity contribution is 7.89. The number of sulfonamides is 1. The molecule has 2 aliphatic heterocycles. The maximum absolute atomic E-state index is 13.1. The lowest BCUT2D eigenvalue weighted by Crippen LogP contribution is -2.41. The number of carbonyl (C=O) groups is 1. The van der Waals surface area contributed by atoms with Gasteiger partial charge in [-0.25, -0.2) is 8.42 Å². The quantitative estimate of drug-likeness (QED) is 0.673. The molecule has 1 N–H and O–H groups in total. The average molecular weight is 439 g/mol. The highest BCUT2D eigenvalue weighted by atomic mass is 32.2. The Labute approximate surface area is 180 Å². The fraction of sp³-hybridized carbons (Fsp3) is 0.261. The third kappa shape index (κ3) is 3.84. The van der Waals surface area contributed by atoms with Crippen molar-refractivity contribution in [3.05, 3.63) is 60.7 Å². The molecule has 0 aliphatic carbocycles. The molecule has 2 aliphatic rings. The van der Waals surface area contributed by atoms with Gasteiger partial charge in [-0.3, -0.25) is 4.79 Å². The third-order valence-corrected chi connectivity index (χ3v) is 7.72. The number of ether oxygens (including phenoxy) is 2. The van der Waals surface area contributed by atoms with Crippen molar-refractivity contribution in [1.82, 2.24) is 4.31 Å². The molecule has 8 heteroatoms. The fourth-order valence-electron chi connectivity index (χ4n) is 4.05. The Morgan fingerprint density at radius 3 is 2.45 bits per heavy atom. The molecule has 3 aromatic carbocycles. The first-order valence-electron chi connectivity index (χ1n) is 10.2. The van der Waals surface area contributed by atoms with Gasteiger partial charge in [0, 0.05) is 30.8 Å².